The Labute approximate surface area is 342 Å². The Hall–Kier alpha value is -0.570. The molecule has 324 valence electrons. The van der Waals surface area contributed by atoms with Crippen LogP contribution >= 0.6 is 0 Å². The van der Waals surface area contributed by atoms with Gasteiger partial charge in [0.15, 0.2) is 0 Å². The van der Waals surface area contributed by atoms with Crippen LogP contribution in [0.4, 0.5) is 0 Å². The molecular formula is C51H103NO2. The molecule has 1 unspecified atom stereocenters. The summed E-state index contributed by atoms with van der Waals surface area (Å²) in [6.07, 6.45) is 60.8. The summed E-state index contributed by atoms with van der Waals surface area (Å²) in [4.78, 5) is 14.5. The lowest BCUT2D eigenvalue weighted by Crippen LogP contribution is -2.42. The maximum absolute atomic E-state index is 12.1. The maximum atomic E-state index is 12.1. The van der Waals surface area contributed by atoms with Crippen molar-refractivity contribution < 1.29 is 9.90 Å². The van der Waals surface area contributed by atoms with E-state index < -0.39 is 5.97 Å². The van der Waals surface area contributed by atoms with Crippen LogP contribution in [0, 0.1) is 0 Å². The van der Waals surface area contributed by atoms with Gasteiger partial charge in [0.1, 0.15) is 6.04 Å². The first kappa shape index (κ1) is 53.4. The maximum Gasteiger partial charge on any atom is 0.320 e. The number of aliphatic carboxylic acids is 1. The Kier molecular flexibility index (Phi) is 46.3. The Morgan fingerprint density at radius 1 is 0.315 bits per heavy atom. The van der Waals surface area contributed by atoms with E-state index in [0.717, 1.165) is 38.8 Å². The van der Waals surface area contributed by atoms with Gasteiger partial charge in [0, 0.05) is 0 Å². The summed E-state index contributed by atoms with van der Waals surface area (Å²) in [5.41, 5.74) is 0. The van der Waals surface area contributed by atoms with Crippen LogP contribution < -0.4 is 0 Å². The predicted octanol–water partition coefficient (Wildman–Crippen LogP) is 18.0. The third-order valence-corrected chi connectivity index (χ3v) is 12.4. The second-order valence-electron chi connectivity index (χ2n) is 17.8. The van der Waals surface area contributed by atoms with Crippen molar-refractivity contribution in [2.45, 2.75) is 309 Å². The van der Waals surface area contributed by atoms with Crippen molar-refractivity contribution in [3.8, 4) is 0 Å². The van der Waals surface area contributed by atoms with Crippen molar-refractivity contribution in [1.29, 1.82) is 0 Å². The van der Waals surface area contributed by atoms with Gasteiger partial charge in [0.2, 0.25) is 0 Å². The number of carboxylic acid groups (broad SMARTS) is 1. The molecule has 0 rings (SSSR count). The first-order chi connectivity index (χ1) is 26.7. The Morgan fingerprint density at radius 2 is 0.500 bits per heavy atom. The lowest BCUT2D eigenvalue weighted by molar-refractivity contribution is -0.143. The zero-order valence-corrected chi connectivity index (χ0v) is 37.9. The molecule has 0 fully saturated rings. The van der Waals surface area contributed by atoms with Crippen LogP contribution in [0.2, 0.25) is 0 Å². The fraction of sp³-hybridized carbons (Fsp3) is 0.980. The molecule has 0 bridgehead atoms. The summed E-state index contributed by atoms with van der Waals surface area (Å²) in [5.74, 6) is -0.608. The second-order valence-corrected chi connectivity index (χ2v) is 17.8. The third-order valence-electron chi connectivity index (χ3n) is 12.4. The highest BCUT2D eigenvalue weighted by molar-refractivity contribution is 5.73. The van der Waals surface area contributed by atoms with E-state index >= 15 is 0 Å². The molecule has 0 aromatic heterocycles. The first-order valence-corrected chi connectivity index (χ1v) is 25.6. The van der Waals surface area contributed by atoms with Crippen LogP contribution in [-0.4, -0.2) is 35.1 Å². The molecule has 1 N–H and O–H groups in total. The SMILES string of the molecule is CCCCCCCCCCCCCCCCCCCCCCCN(CCCCCCCCCCCCCCCCCCCCCCC)C(CCC)C(=O)O. The van der Waals surface area contributed by atoms with E-state index in [-0.39, 0.29) is 6.04 Å². The average Bonchev–Trinajstić information content (AvgIpc) is 3.17. The summed E-state index contributed by atoms with van der Waals surface area (Å²) in [6, 6.07) is -0.287. The number of hydrogen-bond acceptors (Lipinski definition) is 2. The minimum absolute atomic E-state index is 0.287. The summed E-state index contributed by atoms with van der Waals surface area (Å²) in [7, 11) is 0. The van der Waals surface area contributed by atoms with Crippen molar-refractivity contribution in [1.82, 2.24) is 4.90 Å². The molecule has 1 atom stereocenters. The normalized spacial score (nSPS) is 12.3. The molecule has 0 aromatic rings. The van der Waals surface area contributed by atoms with Gasteiger partial charge in [-0.25, -0.2) is 0 Å². The van der Waals surface area contributed by atoms with E-state index in [1.54, 1.807) is 0 Å². The molecule has 0 heterocycles. The van der Waals surface area contributed by atoms with Crippen LogP contribution in [-0.2, 0) is 4.79 Å². The van der Waals surface area contributed by atoms with Crippen LogP contribution in [0.5, 0.6) is 0 Å². The van der Waals surface area contributed by atoms with Gasteiger partial charge in [-0.05, 0) is 32.4 Å². The van der Waals surface area contributed by atoms with E-state index in [1.165, 1.54) is 257 Å². The van der Waals surface area contributed by atoms with E-state index in [4.69, 9.17) is 0 Å². The van der Waals surface area contributed by atoms with E-state index in [1.807, 2.05) is 0 Å². The smallest absolute Gasteiger partial charge is 0.320 e. The van der Waals surface area contributed by atoms with Crippen LogP contribution in [0.1, 0.15) is 303 Å². The molecule has 54 heavy (non-hydrogen) atoms. The van der Waals surface area contributed by atoms with Crippen molar-refractivity contribution in [2.24, 2.45) is 0 Å². The Morgan fingerprint density at radius 3 is 0.667 bits per heavy atom. The van der Waals surface area contributed by atoms with Gasteiger partial charge in [-0.15, -0.1) is 0 Å². The van der Waals surface area contributed by atoms with Crippen LogP contribution in [0.15, 0.2) is 0 Å². The van der Waals surface area contributed by atoms with Gasteiger partial charge in [0.25, 0.3) is 0 Å². The summed E-state index contributed by atoms with van der Waals surface area (Å²) in [6.45, 7) is 8.67. The molecule has 0 aliphatic heterocycles. The standard InChI is InChI=1S/C51H103NO2/c1-4-7-9-11-13-15-17-19-21-23-25-27-29-31-33-35-37-39-41-43-45-48-52(50(47-6-3)51(53)54)49-46-44-42-40-38-36-34-32-30-28-26-24-22-20-18-16-14-12-10-8-5-2/h50H,4-49H2,1-3H3,(H,53,54). The highest BCUT2D eigenvalue weighted by Crippen LogP contribution is 2.18. The Bertz CT molecular complexity index is 649. The van der Waals surface area contributed by atoms with Crippen molar-refractivity contribution in [3.63, 3.8) is 0 Å². The number of nitrogens with zero attached hydrogens (tertiary/aromatic N) is 1. The lowest BCUT2D eigenvalue weighted by atomic mass is 10.0. The van der Waals surface area contributed by atoms with Crippen molar-refractivity contribution >= 4 is 5.97 Å². The van der Waals surface area contributed by atoms with Gasteiger partial charge >= 0.3 is 5.97 Å². The highest BCUT2D eigenvalue weighted by atomic mass is 16.4. The third kappa shape index (κ3) is 41.1. The summed E-state index contributed by atoms with van der Waals surface area (Å²) >= 11 is 0. The molecule has 3 heteroatoms. The monoisotopic (exact) mass is 762 g/mol. The molecule has 0 amide bonds. The number of rotatable bonds is 48. The lowest BCUT2D eigenvalue weighted by Gasteiger charge is -2.29. The summed E-state index contributed by atoms with van der Waals surface area (Å²) in [5, 5.41) is 9.98. The van der Waals surface area contributed by atoms with Crippen LogP contribution in [0.25, 0.3) is 0 Å². The van der Waals surface area contributed by atoms with E-state index in [9.17, 15) is 9.90 Å². The predicted molar refractivity (Wildman–Crippen MR) is 243 cm³/mol. The molecule has 0 saturated heterocycles. The zero-order valence-electron chi connectivity index (χ0n) is 37.9. The number of hydrogen-bond donors (Lipinski definition) is 1. The van der Waals surface area contributed by atoms with Gasteiger partial charge in [-0.1, -0.05) is 284 Å². The minimum atomic E-state index is -0.608. The molecule has 0 spiro atoms. The van der Waals surface area contributed by atoms with E-state index in [0.29, 0.717) is 0 Å². The molecule has 0 aliphatic rings. The average molecular weight is 762 g/mol. The van der Waals surface area contributed by atoms with Gasteiger partial charge < -0.3 is 5.11 Å². The number of carbonyl (C=O) groups is 1. The van der Waals surface area contributed by atoms with Gasteiger partial charge in [-0.2, -0.15) is 0 Å². The zero-order chi connectivity index (χ0) is 39.3. The Balaban J connectivity index is 3.69. The highest BCUT2D eigenvalue weighted by Gasteiger charge is 2.23. The largest absolute Gasteiger partial charge is 0.480 e. The molecule has 0 aromatic carbocycles. The fourth-order valence-electron chi connectivity index (χ4n) is 8.65. The van der Waals surface area contributed by atoms with E-state index in [2.05, 4.69) is 25.7 Å². The molecule has 0 saturated carbocycles. The quantitative estimate of drug-likeness (QED) is 0.0628. The minimum Gasteiger partial charge on any atom is -0.480 e. The molecule has 3 nitrogen and oxygen atoms in total. The topological polar surface area (TPSA) is 40.5 Å². The molecule has 0 aliphatic carbocycles. The van der Waals surface area contributed by atoms with Gasteiger partial charge in [0.05, 0.1) is 0 Å². The second kappa shape index (κ2) is 46.8. The fourth-order valence-corrected chi connectivity index (χ4v) is 8.65. The van der Waals surface area contributed by atoms with Crippen molar-refractivity contribution in [3.05, 3.63) is 0 Å². The van der Waals surface area contributed by atoms with Crippen molar-refractivity contribution in [2.75, 3.05) is 13.1 Å². The molecular weight excluding hydrogens is 659 g/mol. The summed E-state index contributed by atoms with van der Waals surface area (Å²) < 4.78 is 0. The molecule has 0 radical (unpaired) electrons. The van der Waals surface area contributed by atoms with Gasteiger partial charge in [-0.3, -0.25) is 9.69 Å². The number of carboxylic acids is 1. The van der Waals surface area contributed by atoms with Crippen LogP contribution in [0.3, 0.4) is 0 Å². The number of unbranched alkanes of at least 4 members (excludes halogenated alkanes) is 40. The first-order valence-electron chi connectivity index (χ1n) is 25.6.